The first-order valence-electron chi connectivity index (χ1n) is 10.2. The van der Waals surface area contributed by atoms with Gasteiger partial charge in [0, 0.05) is 39.1 Å². The predicted octanol–water partition coefficient (Wildman–Crippen LogP) is 6.88. The number of pyridine rings is 2. The summed E-state index contributed by atoms with van der Waals surface area (Å²) < 4.78 is 6.20. The third-order valence-corrected chi connectivity index (χ3v) is 6.16. The lowest BCUT2D eigenvalue weighted by Crippen LogP contribution is -2.24. The number of benzene rings is 3. The fourth-order valence-electron chi connectivity index (χ4n) is 4.49. The number of nitrogens with zero attached hydrogens (tertiary/aromatic N) is 2. The van der Waals surface area contributed by atoms with Gasteiger partial charge in [0.2, 0.25) is 0 Å². The van der Waals surface area contributed by atoms with Crippen molar-refractivity contribution in [2.75, 3.05) is 0 Å². The molecule has 144 valence electrons. The highest BCUT2D eigenvalue weighted by Crippen LogP contribution is 2.48. The normalized spacial score (nSPS) is 14.2. The third kappa shape index (κ3) is 2.45. The fraction of sp³-hybridized carbons (Fsp3) is 0.111. The number of aromatic nitrogens is 2. The molecular weight excluding hydrogens is 368 g/mol. The van der Waals surface area contributed by atoms with Gasteiger partial charge in [-0.2, -0.15) is 0 Å². The van der Waals surface area contributed by atoms with Gasteiger partial charge in [-0.15, -0.1) is 0 Å². The quantitative estimate of drug-likeness (QED) is 0.294. The standard InChI is InChI=1S/C27H20N2O/c1-27(2)20-7-3-4-8-23(20)30-24-14-12-19(16-21(24)27)22-13-11-18-10-9-17-6-5-15-28-25(17)26(18)29-22/h3-16H,1-2H3. The van der Waals surface area contributed by atoms with Crippen LogP contribution in [0.3, 0.4) is 0 Å². The Labute approximate surface area is 175 Å². The Morgan fingerprint density at radius 1 is 0.700 bits per heavy atom. The summed E-state index contributed by atoms with van der Waals surface area (Å²) >= 11 is 0. The monoisotopic (exact) mass is 388 g/mol. The van der Waals surface area contributed by atoms with Crippen molar-refractivity contribution in [3.05, 3.63) is 96.2 Å². The van der Waals surface area contributed by atoms with Gasteiger partial charge in [-0.1, -0.05) is 56.3 Å². The first kappa shape index (κ1) is 17.2. The average molecular weight is 388 g/mol. The van der Waals surface area contributed by atoms with Crippen LogP contribution in [0.25, 0.3) is 33.1 Å². The van der Waals surface area contributed by atoms with Crippen LogP contribution in [-0.2, 0) is 5.41 Å². The SMILES string of the molecule is CC1(C)c2ccccc2Oc2ccc(-c3ccc4ccc5cccnc5c4n3)cc21. The lowest BCUT2D eigenvalue weighted by molar-refractivity contribution is 0.418. The van der Waals surface area contributed by atoms with E-state index < -0.39 is 0 Å². The molecule has 0 amide bonds. The smallest absolute Gasteiger partial charge is 0.131 e. The second kappa shape index (κ2) is 6.14. The van der Waals surface area contributed by atoms with Gasteiger partial charge in [-0.3, -0.25) is 4.98 Å². The highest BCUT2D eigenvalue weighted by molar-refractivity contribution is 6.03. The molecule has 3 heterocycles. The van der Waals surface area contributed by atoms with Crippen LogP contribution in [0.4, 0.5) is 0 Å². The van der Waals surface area contributed by atoms with E-state index in [0.29, 0.717) is 0 Å². The Bertz CT molecular complexity index is 1450. The van der Waals surface area contributed by atoms with E-state index in [1.165, 1.54) is 11.1 Å². The number of ether oxygens (including phenoxy) is 1. The maximum absolute atomic E-state index is 6.20. The van der Waals surface area contributed by atoms with Gasteiger partial charge in [0.25, 0.3) is 0 Å². The molecule has 0 atom stereocenters. The molecular formula is C27H20N2O. The van der Waals surface area contributed by atoms with Crippen molar-refractivity contribution in [3.63, 3.8) is 0 Å². The van der Waals surface area contributed by atoms with Crippen molar-refractivity contribution in [1.82, 2.24) is 9.97 Å². The number of fused-ring (bicyclic) bond motifs is 5. The largest absolute Gasteiger partial charge is 0.457 e. The molecule has 5 aromatic rings. The molecule has 0 spiro atoms. The van der Waals surface area contributed by atoms with E-state index in [9.17, 15) is 0 Å². The molecule has 0 fully saturated rings. The highest BCUT2D eigenvalue weighted by Gasteiger charge is 2.34. The topological polar surface area (TPSA) is 35.0 Å². The molecule has 3 nitrogen and oxygen atoms in total. The third-order valence-electron chi connectivity index (χ3n) is 6.16. The first-order valence-corrected chi connectivity index (χ1v) is 10.2. The first-order chi connectivity index (χ1) is 14.6. The van der Waals surface area contributed by atoms with E-state index in [-0.39, 0.29) is 5.41 Å². The molecule has 1 aliphatic rings. The summed E-state index contributed by atoms with van der Waals surface area (Å²) in [5, 5.41) is 2.20. The van der Waals surface area contributed by atoms with E-state index in [1.807, 2.05) is 24.4 Å². The number of para-hydroxylation sites is 1. The Kier molecular flexibility index (Phi) is 3.51. The van der Waals surface area contributed by atoms with Crippen LogP contribution in [-0.4, -0.2) is 9.97 Å². The molecule has 0 bridgehead atoms. The summed E-state index contributed by atoms with van der Waals surface area (Å²) in [5.74, 6) is 1.85. The van der Waals surface area contributed by atoms with Crippen LogP contribution >= 0.6 is 0 Å². The average Bonchev–Trinajstić information content (AvgIpc) is 2.79. The molecule has 6 rings (SSSR count). The number of hydrogen-bond donors (Lipinski definition) is 0. The van der Waals surface area contributed by atoms with Gasteiger partial charge < -0.3 is 4.74 Å². The van der Waals surface area contributed by atoms with Gasteiger partial charge >= 0.3 is 0 Å². The Hall–Kier alpha value is -3.72. The van der Waals surface area contributed by atoms with Crippen LogP contribution in [0.1, 0.15) is 25.0 Å². The molecule has 3 heteroatoms. The molecule has 30 heavy (non-hydrogen) atoms. The summed E-state index contributed by atoms with van der Waals surface area (Å²) in [6, 6.07) is 27.1. The molecule has 0 unspecified atom stereocenters. The van der Waals surface area contributed by atoms with Gasteiger partial charge in [0.1, 0.15) is 11.5 Å². The Morgan fingerprint density at radius 2 is 1.47 bits per heavy atom. The van der Waals surface area contributed by atoms with Gasteiger partial charge in [0.15, 0.2) is 0 Å². The molecule has 0 saturated heterocycles. The Morgan fingerprint density at radius 3 is 2.37 bits per heavy atom. The molecule has 2 aromatic heterocycles. The van der Waals surface area contributed by atoms with Crippen molar-refractivity contribution in [2.24, 2.45) is 0 Å². The number of hydrogen-bond acceptors (Lipinski definition) is 3. The molecule has 1 aliphatic heterocycles. The van der Waals surface area contributed by atoms with E-state index in [4.69, 9.17) is 9.72 Å². The predicted molar refractivity (Wildman–Crippen MR) is 121 cm³/mol. The molecule has 3 aromatic carbocycles. The molecule has 0 radical (unpaired) electrons. The zero-order valence-electron chi connectivity index (χ0n) is 16.9. The molecule has 0 N–H and O–H groups in total. The van der Waals surface area contributed by atoms with Crippen LogP contribution < -0.4 is 4.74 Å². The fourth-order valence-corrected chi connectivity index (χ4v) is 4.49. The van der Waals surface area contributed by atoms with E-state index in [1.54, 1.807) is 0 Å². The lowest BCUT2D eigenvalue weighted by Gasteiger charge is -2.34. The second-order valence-corrected chi connectivity index (χ2v) is 8.34. The van der Waals surface area contributed by atoms with Gasteiger partial charge in [-0.05, 0) is 36.4 Å². The second-order valence-electron chi connectivity index (χ2n) is 8.34. The van der Waals surface area contributed by atoms with Crippen molar-refractivity contribution in [2.45, 2.75) is 19.3 Å². The zero-order chi connectivity index (χ0) is 20.3. The summed E-state index contributed by atoms with van der Waals surface area (Å²) in [7, 11) is 0. The lowest BCUT2D eigenvalue weighted by atomic mass is 9.75. The van der Waals surface area contributed by atoms with Crippen molar-refractivity contribution in [3.8, 4) is 22.8 Å². The van der Waals surface area contributed by atoms with Crippen LogP contribution in [0.15, 0.2) is 85.1 Å². The van der Waals surface area contributed by atoms with Crippen LogP contribution in [0, 0.1) is 0 Å². The maximum atomic E-state index is 6.20. The minimum Gasteiger partial charge on any atom is -0.457 e. The Balaban J connectivity index is 1.53. The summed E-state index contributed by atoms with van der Waals surface area (Å²) in [5.41, 5.74) is 6.13. The minimum absolute atomic E-state index is 0.148. The van der Waals surface area contributed by atoms with Crippen molar-refractivity contribution >= 4 is 21.8 Å². The number of rotatable bonds is 1. The summed E-state index contributed by atoms with van der Waals surface area (Å²) in [6.07, 6.45) is 1.83. The summed E-state index contributed by atoms with van der Waals surface area (Å²) in [6.45, 7) is 4.50. The van der Waals surface area contributed by atoms with Crippen LogP contribution in [0.5, 0.6) is 11.5 Å². The summed E-state index contributed by atoms with van der Waals surface area (Å²) in [4.78, 5) is 9.59. The highest BCUT2D eigenvalue weighted by atomic mass is 16.5. The molecule has 0 aliphatic carbocycles. The van der Waals surface area contributed by atoms with Gasteiger partial charge in [-0.25, -0.2) is 4.98 Å². The van der Waals surface area contributed by atoms with Crippen LogP contribution in [0.2, 0.25) is 0 Å². The van der Waals surface area contributed by atoms with E-state index in [2.05, 4.69) is 79.5 Å². The van der Waals surface area contributed by atoms with Gasteiger partial charge in [0.05, 0.1) is 16.7 Å². The van der Waals surface area contributed by atoms with E-state index in [0.717, 1.165) is 44.6 Å². The molecule has 0 saturated carbocycles. The van der Waals surface area contributed by atoms with Crippen molar-refractivity contribution < 1.29 is 4.74 Å². The van der Waals surface area contributed by atoms with Crippen molar-refractivity contribution in [1.29, 1.82) is 0 Å². The minimum atomic E-state index is -0.148. The van der Waals surface area contributed by atoms with E-state index >= 15 is 0 Å². The maximum Gasteiger partial charge on any atom is 0.131 e. The zero-order valence-corrected chi connectivity index (χ0v) is 16.9.